The summed E-state index contributed by atoms with van der Waals surface area (Å²) in [6, 6.07) is -0.154. The third-order valence-electron chi connectivity index (χ3n) is 5.75. The number of amides is 1. The average Bonchev–Trinajstić information content (AvgIpc) is 3.13. The summed E-state index contributed by atoms with van der Waals surface area (Å²) in [6.07, 6.45) is 13.7. The largest absolute Gasteiger partial charge is 0.324 e. The Morgan fingerprint density at radius 1 is 1.18 bits per heavy atom. The topological polar surface area (TPSA) is 56.4 Å². The highest BCUT2D eigenvalue weighted by molar-refractivity contribution is 5.82. The number of carbonyl (C=O) groups is 1. The lowest BCUT2D eigenvalue weighted by atomic mass is 9.90. The molecule has 0 spiro atoms. The van der Waals surface area contributed by atoms with Crippen LogP contribution in [0.5, 0.6) is 0 Å². The molecule has 2 heterocycles. The second-order valence-corrected chi connectivity index (χ2v) is 7.17. The van der Waals surface area contributed by atoms with E-state index in [0.29, 0.717) is 0 Å². The van der Waals surface area contributed by atoms with E-state index in [-0.39, 0.29) is 17.9 Å². The summed E-state index contributed by atoms with van der Waals surface area (Å²) in [5.74, 6) is 1.99. The predicted octanol–water partition coefficient (Wildman–Crippen LogP) is 1.47. The molecule has 0 aromatic carbocycles. The fraction of sp³-hybridized carbons (Fsp3) is 0.706. The fourth-order valence-electron chi connectivity index (χ4n) is 4.54. The number of nitrogens with zero attached hydrogens (tertiary/aromatic N) is 1. The molecule has 4 atom stereocenters. The first-order valence-corrected chi connectivity index (χ1v) is 8.75. The number of fused-ring (bicyclic) bond motifs is 2. The van der Waals surface area contributed by atoms with Crippen molar-refractivity contribution in [2.45, 2.75) is 44.6 Å². The average molecular weight is 302 g/mol. The predicted molar refractivity (Wildman–Crippen MR) is 85.2 cm³/mol. The molecule has 3 fully saturated rings. The van der Waals surface area contributed by atoms with Crippen molar-refractivity contribution < 1.29 is 4.79 Å². The lowest BCUT2D eigenvalue weighted by Crippen LogP contribution is -2.51. The van der Waals surface area contributed by atoms with Crippen LogP contribution in [0.4, 0.5) is 0 Å². The van der Waals surface area contributed by atoms with E-state index in [9.17, 15) is 4.79 Å². The Bertz CT molecular complexity index is 489. The molecular weight excluding hydrogens is 276 g/mol. The molecule has 0 bridgehead atoms. The van der Waals surface area contributed by atoms with Crippen LogP contribution in [-0.4, -0.2) is 30.0 Å². The highest BCUT2D eigenvalue weighted by Crippen LogP contribution is 2.37. The monoisotopic (exact) mass is 302 g/mol. The molecule has 4 rings (SSSR count). The smallest absolute Gasteiger partial charge is 0.253 e. The standard InChI is InChI=1S/C17H26N4O/c22-17(20-21-10-12-6-5-7-13(12)11-21)16-14-8-3-1-2-4-9-15(14)18-19-16/h2,4,9,12-14,16,18-19H,1,3,5-8,10-11H2,(H,20,22). The van der Waals surface area contributed by atoms with Crippen molar-refractivity contribution >= 4 is 5.91 Å². The van der Waals surface area contributed by atoms with Gasteiger partial charge in [0, 0.05) is 24.7 Å². The molecule has 3 N–H and O–H groups in total. The number of allylic oxidation sites excluding steroid dienone is 3. The van der Waals surface area contributed by atoms with Crippen LogP contribution >= 0.6 is 0 Å². The zero-order chi connectivity index (χ0) is 14.9. The van der Waals surface area contributed by atoms with Crippen molar-refractivity contribution in [2.75, 3.05) is 13.1 Å². The number of nitrogens with one attached hydrogen (secondary N) is 3. The third kappa shape index (κ3) is 2.68. The Labute approximate surface area is 132 Å². The Morgan fingerprint density at radius 3 is 2.82 bits per heavy atom. The van der Waals surface area contributed by atoms with E-state index < -0.39 is 0 Å². The molecule has 2 aliphatic heterocycles. The van der Waals surface area contributed by atoms with Crippen LogP contribution in [0.15, 0.2) is 23.9 Å². The zero-order valence-corrected chi connectivity index (χ0v) is 13.1. The van der Waals surface area contributed by atoms with E-state index >= 15 is 0 Å². The molecule has 4 unspecified atom stereocenters. The molecule has 4 aliphatic rings. The second kappa shape index (κ2) is 6.05. The molecule has 1 amide bonds. The first-order chi connectivity index (χ1) is 10.8. The van der Waals surface area contributed by atoms with Gasteiger partial charge in [-0.3, -0.25) is 10.2 Å². The summed E-state index contributed by atoms with van der Waals surface area (Å²) < 4.78 is 0. The van der Waals surface area contributed by atoms with Crippen LogP contribution in [0.1, 0.15) is 38.5 Å². The van der Waals surface area contributed by atoms with Crippen LogP contribution in [0.3, 0.4) is 0 Å². The maximum Gasteiger partial charge on any atom is 0.253 e. The van der Waals surface area contributed by atoms with Crippen molar-refractivity contribution in [3.8, 4) is 0 Å². The van der Waals surface area contributed by atoms with Crippen LogP contribution in [0.25, 0.3) is 0 Å². The maximum absolute atomic E-state index is 12.7. The summed E-state index contributed by atoms with van der Waals surface area (Å²) in [6.45, 7) is 2.07. The summed E-state index contributed by atoms with van der Waals surface area (Å²) in [5, 5.41) is 2.16. The van der Waals surface area contributed by atoms with Crippen LogP contribution < -0.4 is 16.3 Å². The van der Waals surface area contributed by atoms with Gasteiger partial charge < -0.3 is 5.43 Å². The van der Waals surface area contributed by atoms with Crippen molar-refractivity contribution in [1.29, 1.82) is 0 Å². The summed E-state index contributed by atoms with van der Waals surface area (Å²) in [5.41, 5.74) is 10.7. The van der Waals surface area contributed by atoms with Crippen molar-refractivity contribution in [3.05, 3.63) is 23.9 Å². The highest BCUT2D eigenvalue weighted by atomic mass is 16.2. The van der Waals surface area contributed by atoms with Gasteiger partial charge in [0.15, 0.2) is 0 Å². The minimum absolute atomic E-state index is 0.116. The number of rotatable bonds is 2. The molecule has 2 saturated heterocycles. The maximum atomic E-state index is 12.7. The van der Waals surface area contributed by atoms with Crippen molar-refractivity contribution in [1.82, 2.24) is 21.3 Å². The van der Waals surface area contributed by atoms with Crippen LogP contribution in [-0.2, 0) is 4.79 Å². The summed E-state index contributed by atoms with van der Waals surface area (Å²) >= 11 is 0. The number of hydrazine groups is 2. The lowest BCUT2D eigenvalue weighted by Gasteiger charge is -2.23. The second-order valence-electron chi connectivity index (χ2n) is 7.17. The number of carbonyl (C=O) groups excluding carboxylic acids is 1. The zero-order valence-electron chi connectivity index (χ0n) is 13.1. The van der Waals surface area contributed by atoms with E-state index in [1.165, 1.54) is 19.3 Å². The van der Waals surface area contributed by atoms with E-state index in [4.69, 9.17) is 0 Å². The van der Waals surface area contributed by atoms with E-state index in [1.54, 1.807) is 0 Å². The third-order valence-corrected chi connectivity index (χ3v) is 5.75. The first kappa shape index (κ1) is 14.3. The Hall–Kier alpha value is -1.33. The Morgan fingerprint density at radius 2 is 2.00 bits per heavy atom. The summed E-state index contributed by atoms with van der Waals surface area (Å²) in [4.78, 5) is 12.7. The number of hydrogen-bond donors (Lipinski definition) is 3. The SMILES string of the molecule is O=C(NN1CC2CCCC2C1)C1NNC2=CC=CCCCC21. The first-order valence-electron chi connectivity index (χ1n) is 8.75. The van der Waals surface area contributed by atoms with Gasteiger partial charge in [-0.2, -0.15) is 0 Å². The van der Waals surface area contributed by atoms with Gasteiger partial charge in [-0.15, -0.1) is 0 Å². The van der Waals surface area contributed by atoms with Crippen molar-refractivity contribution in [3.63, 3.8) is 0 Å². The lowest BCUT2D eigenvalue weighted by molar-refractivity contribution is -0.128. The van der Waals surface area contributed by atoms with Gasteiger partial charge in [-0.1, -0.05) is 18.6 Å². The Balaban J connectivity index is 1.38. The Kier molecular flexibility index (Phi) is 3.92. The molecular formula is C17H26N4O. The van der Waals surface area contributed by atoms with Crippen LogP contribution in [0, 0.1) is 17.8 Å². The molecule has 0 aromatic rings. The minimum Gasteiger partial charge on any atom is -0.324 e. The van der Waals surface area contributed by atoms with Gasteiger partial charge >= 0.3 is 0 Å². The fourth-order valence-corrected chi connectivity index (χ4v) is 4.54. The van der Waals surface area contributed by atoms with E-state index in [0.717, 1.165) is 49.9 Å². The van der Waals surface area contributed by atoms with Gasteiger partial charge in [0.2, 0.25) is 0 Å². The normalized spacial score (nSPS) is 37.7. The molecule has 0 aromatic heterocycles. The summed E-state index contributed by atoms with van der Waals surface area (Å²) in [7, 11) is 0. The highest BCUT2D eigenvalue weighted by Gasteiger charge is 2.40. The van der Waals surface area contributed by atoms with E-state index in [1.807, 2.05) is 0 Å². The molecule has 5 heteroatoms. The quantitative estimate of drug-likeness (QED) is 0.723. The van der Waals surface area contributed by atoms with E-state index in [2.05, 4.69) is 39.5 Å². The van der Waals surface area contributed by atoms with Gasteiger partial charge in [0.05, 0.1) is 0 Å². The van der Waals surface area contributed by atoms with Gasteiger partial charge in [-0.05, 0) is 50.0 Å². The minimum atomic E-state index is -0.154. The van der Waals surface area contributed by atoms with Crippen LogP contribution in [0.2, 0.25) is 0 Å². The molecule has 120 valence electrons. The molecule has 1 saturated carbocycles. The number of hydrogen-bond acceptors (Lipinski definition) is 4. The van der Waals surface area contributed by atoms with Gasteiger partial charge in [0.25, 0.3) is 5.91 Å². The molecule has 22 heavy (non-hydrogen) atoms. The molecule has 5 nitrogen and oxygen atoms in total. The molecule has 2 aliphatic carbocycles. The molecule has 0 radical (unpaired) electrons. The van der Waals surface area contributed by atoms with Gasteiger partial charge in [-0.25, -0.2) is 10.4 Å². The van der Waals surface area contributed by atoms with Gasteiger partial charge in [0.1, 0.15) is 6.04 Å². The van der Waals surface area contributed by atoms with Crippen molar-refractivity contribution in [2.24, 2.45) is 17.8 Å².